The molecule has 2 unspecified atom stereocenters. The first-order valence-electron chi connectivity index (χ1n) is 8.09. The first kappa shape index (κ1) is 22.6. The number of methoxy groups -OCH3 is 1. The van der Waals surface area contributed by atoms with Gasteiger partial charge in [-0.25, -0.2) is 4.79 Å². The Morgan fingerprint density at radius 2 is 1.92 bits per heavy atom. The number of imide groups is 1. The van der Waals surface area contributed by atoms with Gasteiger partial charge in [0.05, 0.1) is 24.0 Å². The number of rotatable bonds is 8. The highest BCUT2D eigenvalue weighted by atomic mass is 32.2. The van der Waals surface area contributed by atoms with Gasteiger partial charge in [-0.05, 0) is 25.4 Å². The Kier molecular flexibility index (Phi) is 9.21. The second-order valence-electron chi connectivity index (χ2n) is 5.82. The molecule has 0 aromatic rings. The van der Waals surface area contributed by atoms with Gasteiger partial charge in [0, 0.05) is 19.0 Å². The lowest BCUT2D eigenvalue weighted by atomic mass is 9.91. The second-order valence-corrected chi connectivity index (χ2v) is 8.08. The van der Waals surface area contributed by atoms with Crippen molar-refractivity contribution in [2.45, 2.75) is 36.9 Å². The predicted molar refractivity (Wildman–Crippen MR) is 102 cm³/mol. The molecule has 0 radical (unpaired) electrons. The first-order valence-corrected chi connectivity index (χ1v) is 10.7. The molecule has 1 aliphatic heterocycles. The fraction of sp³-hybridized carbons (Fsp3) is 0.647. The van der Waals surface area contributed by atoms with Crippen LogP contribution in [-0.2, 0) is 28.7 Å². The third-order valence-corrected chi connectivity index (χ3v) is 6.67. The van der Waals surface area contributed by atoms with Crippen molar-refractivity contribution in [2.75, 3.05) is 26.2 Å². The molecule has 0 aromatic carbocycles. The zero-order valence-electron chi connectivity index (χ0n) is 15.5. The standard InChI is InChI=1S/C17H25NO6S2/c1-10(16(22)23-3)9-13(20)18-8-6-7-12(15(18)21)14(24-11(2)19)17(25-4)26-5/h12,14,17H,1,6-9H2,2-5H3. The molecule has 26 heavy (non-hydrogen) atoms. The topological polar surface area (TPSA) is 90.0 Å². The van der Waals surface area contributed by atoms with Crippen LogP contribution in [-0.4, -0.2) is 65.5 Å². The summed E-state index contributed by atoms with van der Waals surface area (Å²) in [6, 6.07) is 0. The van der Waals surface area contributed by atoms with Crippen LogP contribution in [0.2, 0.25) is 0 Å². The van der Waals surface area contributed by atoms with Crippen LogP contribution in [0.15, 0.2) is 12.2 Å². The molecule has 2 atom stereocenters. The fourth-order valence-electron chi connectivity index (χ4n) is 2.83. The van der Waals surface area contributed by atoms with Gasteiger partial charge in [-0.3, -0.25) is 19.3 Å². The average molecular weight is 404 g/mol. The van der Waals surface area contributed by atoms with Crippen molar-refractivity contribution >= 4 is 47.3 Å². The number of hydrogen-bond donors (Lipinski definition) is 0. The highest BCUT2D eigenvalue weighted by molar-refractivity contribution is 8.16. The van der Waals surface area contributed by atoms with Crippen molar-refractivity contribution in [1.82, 2.24) is 4.90 Å². The summed E-state index contributed by atoms with van der Waals surface area (Å²) in [6.07, 6.45) is 4.01. The summed E-state index contributed by atoms with van der Waals surface area (Å²) in [5.74, 6) is -2.60. The van der Waals surface area contributed by atoms with E-state index < -0.39 is 29.9 Å². The molecule has 0 spiro atoms. The van der Waals surface area contributed by atoms with Crippen LogP contribution >= 0.6 is 23.5 Å². The van der Waals surface area contributed by atoms with Gasteiger partial charge in [0.25, 0.3) is 0 Å². The number of hydrogen-bond acceptors (Lipinski definition) is 8. The van der Waals surface area contributed by atoms with Crippen molar-refractivity contribution in [3.05, 3.63) is 12.2 Å². The summed E-state index contributed by atoms with van der Waals surface area (Å²) in [4.78, 5) is 49.4. The van der Waals surface area contributed by atoms with Crippen LogP contribution in [0.3, 0.4) is 0 Å². The maximum Gasteiger partial charge on any atom is 0.333 e. The maximum absolute atomic E-state index is 12.9. The van der Waals surface area contributed by atoms with Crippen LogP contribution in [0.5, 0.6) is 0 Å². The highest BCUT2D eigenvalue weighted by Gasteiger charge is 2.42. The monoisotopic (exact) mass is 403 g/mol. The summed E-state index contributed by atoms with van der Waals surface area (Å²) >= 11 is 3.00. The third kappa shape index (κ3) is 5.77. The predicted octanol–water partition coefficient (Wildman–Crippen LogP) is 1.85. The van der Waals surface area contributed by atoms with Gasteiger partial charge >= 0.3 is 11.9 Å². The number of piperidine rings is 1. The van der Waals surface area contributed by atoms with Gasteiger partial charge in [-0.1, -0.05) is 6.58 Å². The summed E-state index contributed by atoms with van der Waals surface area (Å²) in [6.45, 7) is 5.11. The maximum atomic E-state index is 12.9. The minimum Gasteiger partial charge on any atom is -0.466 e. The molecule has 0 saturated carbocycles. The Labute approximate surface area is 162 Å². The molecule has 1 saturated heterocycles. The molecule has 1 heterocycles. The summed E-state index contributed by atoms with van der Waals surface area (Å²) < 4.78 is 9.85. The van der Waals surface area contributed by atoms with E-state index in [1.165, 1.54) is 37.6 Å². The zero-order chi connectivity index (χ0) is 19.9. The molecule has 9 heteroatoms. The third-order valence-electron chi connectivity index (χ3n) is 4.05. The lowest BCUT2D eigenvalue weighted by Crippen LogP contribution is -2.51. The number of nitrogens with zero attached hydrogens (tertiary/aromatic N) is 1. The number of carbonyl (C=O) groups is 4. The summed E-state index contributed by atoms with van der Waals surface area (Å²) in [5.41, 5.74) is -0.00457. The van der Waals surface area contributed by atoms with Crippen LogP contribution in [0.4, 0.5) is 0 Å². The minimum atomic E-state index is -0.679. The molecule has 2 amide bonds. The van der Waals surface area contributed by atoms with Crippen molar-refractivity contribution < 1.29 is 28.7 Å². The van der Waals surface area contributed by atoms with E-state index in [-0.39, 0.29) is 29.0 Å². The minimum absolute atomic E-state index is 0.00457. The average Bonchev–Trinajstić information content (AvgIpc) is 2.60. The van der Waals surface area contributed by atoms with Crippen molar-refractivity contribution in [3.63, 3.8) is 0 Å². The Morgan fingerprint density at radius 3 is 2.42 bits per heavy atom. The number of esters is 2. The van der Waals surface area contributed by atoms with Gasteiger partial charge in [0.1, 0.15) is 6.10 Å². The lowest BCUT2D eigenvalue weighted by molar-refractivity contribution is -0.159. The molecule has 0 aromatic heterocycles. The fourth-order valence-corrected chi connectivity index (χ4v) is 4.63. The number of carbonyl (C=O) groups excluding carboxylic acids is 4. The van der Waals surface area contributed by atoms with Gasteiger partial charge in [0.2, 0.25) is 11.8 Å². The molecule has 7 nitrogen and oxygen atoms in total. The second kappa shape index (κ2) is 10.6. The summed E-state index contributed by atoms with van der Waals surface area (Å²) in [5, 5.41) is 0. The normalized spacial score (nSPS) is 18.4. The Bertz CT molecular complexity index is 576. The van der Waals surface area contributed by atoms with Crippen LogP contribution in [0, 0.1) is 5.92 Å². The molecule has 0 bridgehead atoms. The lowest BCUT2D eigenvalue weighted by Gasteiger charge is -2.37. The van der Waals surface area contributed by atoms with Gasteiger partial charge in [-0.2, -0.15) is 0 Å². The van der Waals surface area contributed by atoms with E-state index in [0.717, 1.165) is 4.90 Å². The van der Waals surface area contributed by atoms with E-state index in [4.69, 9.17) is 4.74 Å². The van der Waals surface area contributed by atoms with Crippen molar-refractivity contribution in [1.29, 1.82) is 0 Å². The number of thioether (sulfide) groups is 2. The van der Waals surface area contributed by atoms with E-state index >= 15 is 0 Å². The molecule has 146 valence electrons. The smallest absolute Gasteiger partial charge is 0.333 e. The van der Waals surface area contributed by atoms with E-state index in [9.17, 15) is 19.2 Å². The SMILES string of the molecule is C=C(CC(=O)N1CCCC(C(OC(C)=O)C(SC)SC)C1=O)C(=O)OC. The van der Waals surface area contributed by atoms with Crippen molar-refractivity contribution in [2.24, 2.45) is 5.92 Å². The van der Waals surface area contributed by atoms with Crippen molar-refractivity contribution in [3.8, 4) is 0 Å². The quantitative estimate of drug-likeness (QED) is 0.345. The Morgan fingerprint density at radius 1 is 1.31 bits per heavy atom. The van der Waals surface area contributed by atoms with Crippen LogP contribution < -0.4 is 0 Å². The highest BCUT2D eigenvalue weighted by Crippen LogP contribution is 2.34. The van der Waals surface area contributed by atoms with E-state index in [2.05, 4.69) is 11.3 Å². The number of ether oxygens (including phenoxy) is 2. The Balaban J connectivity index is 2.95. The van der Waals surface area contributed by atoms with Crippen LogP contribution in [0.25, 0.3) is 0 Å². The number of amides is 2. The summed E-state index contributed by atoms with van der Waals surface area (Å²) in [7, 11) is 1.20. The van der Waals surface area contributed by atoms with E-state index in [0.29, 0.717) is 12.8 Å². The Hall–Kier alpha value is -1.48. The van der Waals surface area contributed by atoms with Gasteiger partial charge in [-0.15, -0.1) is 23.5 Å². The zero-order valence-corrected chi connectivity index (χ0v) is 17.1. The van der Waals surface area contributed by atoms with Gasteiger partial charge in [0.15, 0.2) is 0 Å². The van der Waals surface area contributed by atoms with Crippen LogP contribution in [0.1, 0.15) is 26.2 Å². The molecular weight excluding hydrogens is 378 g/mol. The largest absolute Gasteiger partial charge is 0.466 e. The van der Waals surface area contributed by atoms with E-state index in [1.54, 1.807) is 0 Å². The van der Waals surface area contributed by atoms with E-state index in [1.807, 2.05) is 12.5 Å². The van der Waals surface area contributed by atoms with Gasteiger partial charge < -0.3 is 9.47 Å². The molecule has 0 N–H and O–H groups in total. The molecule has 0 aliphatic carbocycles. The number of likely N-dealkylation sites (tertiary alicyclic amines) is 1. The molecule has 1 aliphatic rings. The first-order chi connectivity index (χ1) is 12.3. The molecule has 1 rings (SSSR count). The molecular formula is C17H25NO6S2. The molecule has 1 fully saturated rings.